The summed E-state index contributed by atoms with van der Waals surface area (Å²) in [7, 11) is 0. The van der Waals surface area contributed by atoms with Gasteiger partial charge in [-0.25, -0.2) is 5.43 Å². The van der Waals surface area contributed by atoms with Crippen LogP contribution in [-0.4, -0.2) is 18.2 Å². The molecular weight excluding hydrogens is 292 g/mol. The number of ether oxygens (including phenoxy) is 1. The monoisotopic (exact) mass is 314 g/mol. The molecule has 5 nitrogen and oxygen atoms in total. The zero-order chi connectivity index (χ0) is 16.8. The van der Waals surface area contributed by atoms with Gasteiger partial charge >= 0.3 is 0 Å². The van der Waals surface area contributed by atoms with E-state index in [1.165, 1.54) is 0 Å². The Morgan fingerprint density at radius 2 is 1.96 bits per heavy atom. The third-order valence-electron chi connectivity index (χ3n) is 3.36. The van der Waals surface area contributed by atoms with Crippen LogP contribution in [0.5, 0.6) is 5.75 Å². The predicted octanol–water partition coefficient (Wildman–Crippen LogP) is 3.84. The van der Waals surface area contributed by atoms with Gasteiger partial charge in [-0.15, -0.1) is 0 Å². The molecule has 2 aromatic rings. The van der Waals surface area contributed by atoms with Crippen LogP contribution in [0, 0.1) is 13.8 Å². The number of hydrazone groups is 1. The predicted molar refractivity (Wildman–Crippen MR) is 90.1 cm³/mol. The SMILES string of the molecule is CCCOc1ccc(/C(C)=N/NC(=O)c2cc(C)oc2C)cc1. The van der Waals surface area contributed by atoms with Gasteiger partial charge in [-0.2, -0.15) is 5.10 Å². The summed E-state index contributed by atoms with van der Waals surface area (Å²) in [5, 5.41) is 4.15. The average molecular weight is 314 g/mol. The largest absolute Gasteiger partial charge is 0.494 e. The van der Waals surface area contributed by atoms with Crippen molar-refractivity contribution in [3.63, 3.8) is 0 Å². The van der Waals surface area contributed by atoms with Crippen LogP contribution in [0.3, 0.4) is 0 Å². The Bertz CT molecular complexity index is 700. The highest BCUT2D eigenvalue weighted by molar-refractivity contribution is 6.01. The number of nitrogens with one attached hydrogen (secondary N) is 1. The molecule has 0 saturated heterocycles. The van der Waals surface area contributed by atoms with E-state index in [-0.39, 0.29) is 5.91 Å². The fourth-order valence-electron chi connectivity index (χ4n) is 2.13. The number of hydrogen-bond donors (Lipinski definition) is 1. The number of benzene rings is 1. The number of furan rings is 1. The van der Waals surface area contributed by atoms with Crippen molar-refractivity contribution in [3.05, 3.63) is 53.0 Å². The highest BCUT2D eigenvalue weighted by Crippen LogP contribution is 2.14. The van der Waals surface area contributed by atoms with Crippen LogP contribution in [0.15, 0.2) is 39.9 Å². The molecule has 1 aromatic heterocycles. The van der Waals surface area contributed by atoms with E-state index in [4.69, 9.17) is 9.15 Å². The normalized spacial score (nSPS) is 11.4. The summed E-state index contributed by atoms with van der Waals surface area (Å²) in [6.45, 7) is 8.17. The second kappa shape index (κ2) is 7.63. The van der Waals surface area contributed by atoms with E-state index in [1.807, 2.05) is 31.2 Å². The molecule has 0 unspecified atom stereocenters. The van der Waals surface area contributed by atoms with Crippen molar-refractivity contribution < 1.29 is 13.9 Å². The molecule has 0 fully saturated rings. The molecule has 1 heterocycles. The average Bonchev–Trinajstić information content (AvgIpc) is 2.89. The standard InChI is InChI=1S/C18H22N2O3/c1-5-10-22-16-8-6-15(7-9-16)13(3)19-20-18(21)17-11-12(2)23-14(17)4/h6-9,11H,5,10H2,1-4H3,(H,20,21)/b19-13+. The molecule has 0 aliphatic carbocycles. The third kappa shape index (κ3) is 4.45. The summed E-state index contributed by atoms with van der Waals surface area (Å²) in [6, 6.07) is 9.34. The lowest BCUT2D eigenvalue weighted by atomic mass is 10.1. The summed E-state index contributed by atoms with van der Waals surface area (Å²) in [4.78, 5) is 12.1. The molecule has 0 bridgehead atoms. The second-order valence-electron chi connectivity index (χ2n) is 5.34. The Kier molecular flexibility index (Phi) is 5.57. The molecule has 0 aliphatic rings. The van der Waals surface area contributed by atoms with Gasteiger partial charge in [-0.05, 0) is 63.1 Å². The zero-order valence-electron chi connectivity index (χ0n) is 14.0. The van der Waals surface area contributed by atoms with Crippen molar-refractivity contribution in [3.8, 4) is 5.75 Å². The Hall–Kier alpha value is -2.56. The topological polar surface area (TPSA) is 63.8 Å². The molecule has 0 atom stereocenters. The van der Waals surface area contributed by atoms with Crippen molar-refractivity contribution in [2.45, 2.75) is 34.1 Å². The van der Waals surface area contributed by atoms with Crippen LogP contribution < -0.4 is 10.2 Å². The number of carbonyl (C=O) groups is 1. The molecule has 0 radical (unpaired) electrons. The zero-order valence-corrected chi connectivity index (χ0v) is 14.0. The first kappa shape index (κ1) is 16.8. The molecule has 1 aromatic carbocycles. The maximum atomic E-state index is 12.1. The van der Waals surface area contributed by atoms with Gasteiger partial charge < -0.3 is 9.15 Å². The summed E-state index contributed by atoms with van der Waals surface area (Å²) in [5.74, 6) is 1.85. The number of carbonyl (C=O) groups excluding carboxylic acids is 1. The van der Waals surface area contributed by atoms with Gasteiger partial charge in [-0.3, -0.25) is 4.79 Å². The van der Waals surface area contributed by atoms with E-state index in [0.717, 1.165) is 23.4 Å². The molecule has 0 aliphatic heterocycles. The van der Waals surface area contributed by atoms with E-state index in [9.17, 15) is 4.79 Å². The number of hydrogen-bond acceptors (Lipinski definition) is 4. The smallest absolute Gasteiger partial charge is 0.274 e. The van der Waals surface area contributed by atoms with Crippen molar-refractivity contribution >= 4 is 11.6 Å². The Labute approximate surface area is 136 Å². The van der Waals surface area contributed by atoms with Crippen molar-refractivity contribution in [1.29, 1.82) is 0 Å². The van der Waals surface area contributed by atoms with Crippen LogP contribution in [0.2, 0.25) is 0 Å². The Morgan fingerprint density at radius 1 is 1.26 bits per heavy atom. The Morgan fingerprint density at radius 3 is 2.52 bits per heavy atom. The van der Waals surface area contributed by atoms with Crippen LogP contribution in [-0.2, 0) is 0 Å². The number of nitrogens with zero attached hydrogens (tertiary/aromatic N) is 1. The number of aryl methyl sites for hydroxylation is 2. The molecule has 23 heavy (non-hydrogen) atoms. The van der Waals surface area contributed by atoms with Gasteiger partial charge in [0.1, 0.15) is 17.3 Å². The fourth-order valence-corrected chi connectivity index (χ4v) is 2.13. The van der Waals surface area contributed by atoms with Gasteiger partial charge in [0.2, 0.25) is 0 Å². The summed E-state index contributed by atoms with van der Waals surface area (Å²) >= 11 is 0. The van der Waals surface area contributed by atoms with Crippen molar-refractivity contribution in [2.24, 2.45) is 5.10 Å². The molecule has 122 valence electrons. The van der Waals surface area contributed by atoms with E-state index < -0.39 is 0 Å². The molecule has 1 amide bonds. The third-order valence-corrected chi connectivity index (χ3v) is 3.36. The minimum Gasteiger partial charge on any atom is -0.494 e. The van der Waals surface area contributed by atoms with Crippen LogP contribution in [0.1, 0.15) is 47.7 Å². The first-order valence-corrected chi connectivity index (χ1v) is 7.66. The molecule has 1 N–H and O–H groups in total. The van der Waals surface area contributed by atoms with E-state index in [0.29, 0.717) is 23.7 Å². The number of amides is 1. The molecule has 2 rings (SSSR count). The van der Waals surface area contributed by atoms with Gasteiger partial charge in [0.25, 0.3) is 5.91 Å². The van der Waals surface area contributed by atoms with Crippen molar-refractivity contribution in [2.75, 3.05) is 6.61 Å². The quantitative estimate of drug-likeness (QED) is 0.651. The van der Waals surface area contributed by atoms with Gasteiger partial charge in [0, 0.05) is 0 Å². The summed E-state index contributed by atoms with van der Waals surface area (Å²) in [6.07, 6.45) is 0.973. The lowest BCUT2D eigenvalue weighted by Crippen LogP contribution is -2.19. The molecule has 0 saturated carbocycles. The Balaban J connectivity index is 2.02. The molecule has 5 heteroatoms. The van der Waals surface area contributed by atoms with Gasteiger partial charge in [-0.1, -0.05) is 6.92 Å². The van der Waals surface area contributed by atoms with Crippen molar-refractivity contribution in [1.82, 2.24) is 5.43 Å². The second-order valence-corrected chi connectivity index (χ2v) is 5.34. The van der Waals surface area contributed by atoms with Gasteiger partial charge in [0.15, 0.2) is 0 Å². The summed E-state index contributed by atoms with van der Waals surface area (Å²) in [5.41, 5.74) is 4.71. The number of rotatable bonds is 6. The highest BCUT2D eigenvalue weighted by Gasteiger charge is 2.12. The fraction of sp³-hybridized carbons (Fsp3) is 0.333. The summed E-state index contributed by atoms with van der Waals surface area (Å²) < 4.78 is 10.9. The van der Waals surface area contributed by atoms with Crippen LogP contribution >= 0.6 is 0 Å². The maximum absolute atomic E-state index is 12.1. The first-order valence-electron chi connectivity index (χ1n) is 7.66. The molecule has 0 spiro atoms. The minimum atomic E-state index is -0.276. The lowest BCUT2D eigenvalue weighted by molar-refractivity contribution is 0.0953. The molecular formula is C18H22N2O3. The lowest BCUT2D eigenvalue weighted by Gasteiger charge is -2.06. The van der Waals surface area contributed by atoms with E-state index >= 15 is 0 Å². The van der Waals surface area contributed by atoms with E-state index in [1.54, 1.807) is 19.9 Å². The highest BCUT2D eigenvalue weighted by atomic mass is 16.5. The van der Waals surface area contributed by atoms with Crippen LogP contribution in [0.25, 0.3) is 0 Å². The maximum Gasteiger partial charge on any atom is 0.274 e. The minimum absolute atomic E-state index is 0.276. The van der Waals surface area contributed by atoms with Crippen LogP contribution in [0.4, 0.5) is 0 Å². The first-order chi connectivity index (χ1) is 11.0. The van der Waals surface area contributed by atoms with Gasteiger partial charge in [0.05, 0.1) is 17.9 Å². The van der Waals surface area contributed by atoms with E-state index in [2.05, 4.69) is 17.5 Å².